The fourth-order valence-electron chi connectivity index (χ4n) is 2.90. The standard InChI is InChI=1S/C21H24N4O/c22-21-24-19(15-20(25-21)23-13-7-2-8-14-26)18-12-6-5-11-17(18)16-9-3-1-4-10-16/h1,3-6,9-12,15,26H,2,7-8,13-14H2,(H3,22,23,24,25). The first-order valence-corrected chi connectivity index (χ1v) is 8.92. The minimum absolute atomic E-state index is 0.237. The van der Waals surface area contributed by atoms with Crippen LogP contribution in [0.3, 0.4) is 0 Å². The minimum Gasteiger partial charge on any atom is -0.396 e. The largest absolute Gasteiger partial charge is 0.396 e. The molecule has 0 amide bonds. The zero-order valence-electron chi connectivity index (χ0n) is 14.7. The van der Waals surface area contributed by atoms with Gasteiger partial charge < -0.3 is 16.2 Å². The van der Waals surface area contributed by atoms with Gasteiger partial charge in [0.15, 0.2) is 0 Å². The average Bonchev–Trinajstić information content (AvgIpc) is 2.68. The van der Waals surface area contributed by atoms with E-state index in [9.17, 15) is 0 Å². The van der Waals surface area contributed by atoms with Crippen LogP contribution in [0.4, 0.5) is 11.8 Å². The number of unbranched alkanes of at least 4 members (excludes halogenated alkanes) is 2. The molecule has 3 rings (SSSR count). The van der Waals surface area contributed by atoms with Gasteiger partial charge in [-0.1, -0.05) is 54.6 Å². The van der Waals surface area contributed by atoms with Crippen LogP contribution in [0.25, 0.3) is 22.4 Å². The SMILES string of the molecule is Nc1nc(NCCCCCO)cc(-c2ccccc2-c2ccccc2)n1. The molecular weight excluding hydrogens is 324 g/mol. The van der Waals surface area contributed by atoms with E-state index in [1.54, 1.807) is 0 Å². The van der Waals surface area contributed by atoms with Gasteiger partial charge >= 0.3 is 0 Å². The molecule has 0 radical (unpaired) electrons. The van der Waals surface area contributed by atoms with Gasteiger partial charge in [-0.05, 0) is 30.4 Å². The van der Waals surface area contributed by atoms with E-state index in [-0.39, 0.29) is 12.6 Å². The Kier molecular flexibility index (Phi) is 6.17. The summed E-state index contributed by atoms with van der Waals surface area (Å²) in [7, 11) is 0. The number of aromatic nitrogens is 2. The number of aliphatic hydroxyl groups is 1. The van der Waals surface area contributed by atoms with E-state index in [1.165, 1.54) is 0 Å². The molecule has 0 saturated carbocycles. The Bertz CT molecular complexity index is 836. The predicted octanol–water partition coefficient (Wildman–Crippen LogP) is 3.97. The lowest BCUT2D eigenvalue weighted by Gasteiger charge is -2.12. The molecule has 1 heterocycles. The molecule has 0 atom stereocenters. The molecule has 4 N–H and O–H groups in total. The monoisotopic (exact) mass is 348 g/mol. The Morgan fingerprint density at radius 3 is 2.35 bits per heavy atom. The normalized spacial score (nSPS) is 10.7. The predicted molar refractivity (Wildman–Crippen MR) is 107 cm³/mol. The number of nitrogen functional groups attached to an aromatic ring is 1. The van der Waals surface area contributed by atoms with E-state index in [2.05, 4.69) is 39.6 Å². The summed E-state index contributed by atoms with van der Waals surface area (Å²) in [5.74, 6) is 0.975. The summed E-state index contributed by atoms with van der Waals surface area (Å²) in [4.78, 5) is 8.73. The highest BCUT2D eigenvalue weighted by Crippen LogP contribution is 2.31. The Labute approximate surface area is 153 Å². The first-order valence-electron chi connectivity index (χ1n) is 8.92. The van der Waals surface area contributed by atoms with Crippen molar-refractivity contribution in [2.45, 2.75) is 19.3 Å². The van der Waals surface area contributed by atoms with E-state index in [0.29, 0.717) is 0 Å². The first-order chi connectivity index (χ1) is 12.8. The fourth-order valence-corrected chi connectivity index (χ4v) is 2.90. The van der Waals surface area contributed by atoms with Gasteiger partial charge in [-0.2, -0.15) is 4.98 Å². The number of hydrogen-bond donors (Lipinski definition) is 3. The molecule has 0 bridgehead atoms. The van der Waals surface area contributed by atoms with Crippen LogP contribution in [0.5, 0.6) is 0 Å². The van der Waals surface area contributed by atoms with Gasteiger partial charge in [0.2, 0.25) is 5.95 Å². The summed E-state index contributed by atoms with van der Waals surface area (Å²) in [5.41, 5.74) is 10.0. The van der Waals surface area contributed by atoms with Crippen molar-refractivity contribution in [3.63, 3.8) is 0 Å². The number of aliphatic hydroxyl groups excluding tert-OH is 1. The third-order valence-electron chi connectivity index (χ3n) is 4.17. The van der Waals surface area contributed by atoms with Gasteiger partial charge in [-0.15, -0.1) is 0 Å². The summed E-state index contributed by atoms with van der Waals surface area (Å²) < 4.78 is 0. The molecule has 0 unspecified atom stereocenters. The molecule has 0 spiro atoms. The Balaban J connectivity index is 1.86. The number of anilines is 2. The van der Waals surface area contributed by atoms with Crippen LogP contribution in [0, 0.1) is 0 Å². The number of benzene rings is 2. The number of rotatable bonds is 8. The summed E-state index contributed by atoms with van der Waals surface area (Å²) >= 11 is 0. The van der Waals surface area contributed by atoms with Crippen molar-refractivity contribution in [2.24, 2.45) is 0 Å². The molecule has 0 aliphatic rings. The molecule has 3 aromatic rings. The van der Waals surface area contributed by atoms with E-state index in [1.807, 2.05) is 36.4 Å². The van der Waals surface area contributed by atoms with Gasteiger partial charge in [-0.3, -0.25) is 0 Å². The van der Waals surface area contributed by atoms with Crippen molar-refractivity contribution in [3.05, 3.63) is 60.7 Å². The molecule has 1 aromatic heterocycles. The lowest BCUT2D eigenvalue weighted by molar-refractivity contribution is 0.283. The lowest BCUT2D eigenvalue weighted by atomic mass is 9.97. The fraction of sp³-hybridized carbons (Fsp3) is 0.238. The molecule has 0 saturated heterocycles. The van der Waals surface area contributed by atoms with Crippen molar-refractivity contribution in [1.82, 2.24) is 9.97 Å². The number of nitrogens with zero attached hydrogens (tertiary/aromatic N) is 2. The molecule has 26 heavy (non-hydrogen) atoms. The second-order valence-electron chi connectivity index (χ2n) is 6.12. The van der Waals surface area contributed by atoms with Crippen molar-refractivity contribution in [2.75, 3.05) is 24.2 Å². The summed E-state index contributed by atoms with van der Waals surface area (Å²) in [6, 6.07) is 20.3. The topological polar surface area (TPSA) is 84.1 Å². The van der Waals surface area contributed by atoms with Crippen LogP contribution < -0.4 is 11.1 Å². The molecule has 134 valence electrons. The van der Waals surface area contributed by atoms with Gasteiger partial charge in [0.25, 0.3) is 0 Å². The van der Waals surface area contributed by atoms with Crippen LogP contribution in [-0.2, 0) is 0 Å². The Hall–Kier alpha value is -2.92. The van der Waals surface area contributed by atoms with Gasteiger partial charge in [0.1, 0.15) is 5.82 Å². The van der Waals surface area contributed by atoms with Crippen LogP contribution in [0.15, 0.2) is 60.7 Å². The first kappa shape index (κ1) is 17.9. The van der Waals surface area contributed by atoms with Crippen LogP contribution in [-0.4, -0.2) is 28.2 Å². The zero-order valence-corrected chi connectivity index (χ0v) is 14.7. The van der Waals surface area contributed by atoms with E-state index in [4.69, 9.17) is 10.8 Å². The maximum atomic E-state index is 8.84. The molecular formula is C21H24N4O. The van der Waals surface area contributed by atoms with Crippen LogP contribution in [0.1, 0.15) is 19.3 Å². The van der Waals surface area contributed by atoms with Crippen molar-refractivity contribution >= 4 is 11.8 Å². The average molecular weight is 348 g/mol. The molecule has 0 aliphatic heterocycles. The van der Waals surface area contributed by atoms with Crippen LogP contribution in [0.2, 0.25) is 0 Å². The van der Waals surface area contributed by atoms with Crippen molar-refractivity contribution in [1.29, 1.82) is 0 Å². The van der Waals surface area contributed by atoms with Crippen molar-refractivity contribution in [3.8, 4) is 22.4 Å². The quantitative estimate of drug-likeness (QED) is 0.537. The maximum absolute atomic E-state index is 8.84. The van der Waals surface area contributed by atoms with Gasteiger partial charge in [0.05, 0.1) is 5.69 Å². The number of hydrogen-bond acceptors (Lipinski definition) is 5. The van der Waals surface area contributed by atoms with E-state index < -0.39 is 0 Å². The highest BCUT2D eigenvalue weighted by molar-refractivity contribution is 5.82. The second-order valence-corrected chi connectivity index (χ2v) is 6.12. The lowest BCUT2D eigenvalue weighted by Crippen LogP contribution is -2.07. The molecule has 0 fully saturated rings. The molecule has 2 aromatic carbocycles. The molecule has 0 aliphatic carbocycles. The van der Waals surface area contributed by atoms with E-state index in [0.717, 1.165) is 54.0 Å². The minimum atomic E-state index is 0.237. The van der Waals surface area contributed by atoms with E-state index >= 15 is 0 Å². The van der Waals surface area contributed by atoms with Crippen molar-refractivity contribution < 1.29 is 5.11 Å². The maximum Gasteiger partial charge on any atom is 0.222 e. The number of nitrogens with one attached hydrogen (secondary N) is 1. The third kappa shape index (κ3) is 4.58. The second kappa shape index (κ2) is 8.97. The Morgan fingerprint density at radius 1 is 0.846 bits per heavy atom. The molecule has 5 nitrogen and oxygen atoms in total. The third-order valence-corrected chi connectivity index (χ3v) is 4.17. The zero-order chi connectivity index (χ0) is 18.2. The highest BCUT2D eigenvalue weighted by atomic mass is 16.2. The van der Waals surface area contributed by atoms with Gasteiger partial charge in [0, 0.05) is 24.8 Å². The smallest absolute Gasteiger partial charge is 0.222 e. The summed E-state index contributed by atoms with van der Waals surface area (Å²) in [6.45, 7) is 1.02. The van der Waals surface area contributed by atoms with Crippen LogP contribution >= 0.6 is 0 Å². The Morgan fingerprint density at radius 2 is 1.58 bits per heavy atom. The van der Waals surface area contributed by atoms with Gasteiger partial charge in [-0.25, -0.2) is 4.98 Å². The summed E-state index contributed by atoms with van der Waals surface area (Å²) in [6.07, 6.45) is 2.78. The highest BCUT2D eigenvalue weighted by Gasteiger charge is 2.10. The summed E-state index contributed by atoms with van der Waals surface area (Å²) in [5, 5.41) is 12.1. The molecule has 5 heteroatoms. The number of nitrogens with two attached hydrogens (primary N) is 1.